The molecular weight excluding hydrogens is 208 g/mol. The summed E-state index contributed by atoms with van der Waals surface area (Å²) in [6, 6.07) is 2.19. The Morgan fingerprint density at radius 1 is 1.47 bits per heavy atom. The first-order valence-electron chi connectivity index (χ1n) is 5.06. The molecule has 2 rings (SSSR count). The van der Waals surface area contributed by atoms with Gasteiger partial charge in [-0.25, -0.2) is 4.98 Å². The van der Waals surface area contributed by atoms with E-state index in [9.17, 15) is 0 Å². The molecule has 0 N–H and O–H groups in total. The summed E-state index contributed by atoms with van der Waals surface area (Å²) in [7, 11) is 0. The molecule has 4 nitrogen and oxygen atoms in total. The lowest BCUT2D eigenvalue weighted by molar-refractivity contribution is 0.287. The molecule has 1 fully saturated rings. The molecule has 0 spiro atoms. The number of nitriles is 1. The topological polar surface area (TPSA) is 43.2 Å². The summed E-state index contributed by atoms with van der Waals surface area (Å²) in [6.45, 7) is 6.46. The number of aromatic nitrogens is 1. The van der Waals surface area contributed by atoms with Crippen LogP contribution in [0.5, 0.6) is 0 Å². The number of hydrogen-bond acceptors (Lipinski definition) is 5. The molecule has 0 amide bonds. The van der Waals surface area contributed by atoms with Crippen LogP contribution >= 0.6 is 11.3 Å². The molecule has 1 aliphatic rings. The zero-order valence-electron chi connectivity index (χ0n) is 8.81. The van der Waals surface area contributed by atoms with Crippen molar-refractivity contribution in [3.8, 4) is 6.07 Å². The van der Waals surface area contributed by atoms with E-state index in [1.54, 1.807) is 11.3 Å². The van der Waals surface area contributed by atoms with Crippen LogP contribution in [0.4, 0.5) is 5.13 Å². The third-order valence-electron chi connectivity index (χ3n) is 2.54. The molecule has 1 aromatic rings. The molecule has 5 heteroatoms. The lowest BCUT2D eigenvalue weighted by Gasteiger charge is -2.33. The van der Waals surface area contributed by atoms with Crippen LogP contribution in [-0.4, -0.2) is 42.6 Å². The molecule has 1 saturated heterocycles. The molecule has 0 aliphatic carbocycles. The van der Waals surface area contributed by atoms with Gasteiger partial charge in [-0.3, -0.25) is 4.90 Å². The van der Waals surface area contributed by atoms with Gasteiger partial charge in [-0.1, -0.05) is 0 Å². The molecule has 0 radical (unpaired) electrons. The lowest BCUT2D eigenvalue weighted by Crippen LogP contribution is -2.46. The van der Waals surface area contributed by atoms with Gasteiger partial charge in [0.25, 0.3) is 0 Å². The van der Waals surface area contributed by atoms with Crippen molar-refractivity contribution >= 4 is 16.5 Å². The fraction of sp³-hybridized carbons (Fsp3) is 0.600. The van der Waals surface area contributed by atoms with Crippen molar-refractivity contribution in [3.63, 3.8) is 0 Å². The second-order valence-electron chi connectivity index (χ2n) is 3.69. The fourth-order valence-electron chi connectivity index (χ4n) is 1.68. The van der Waals surface area contributed by atoms with E-state index in [2.05, 4.69) is 26.2 Å². The van der Waals surface area contributed by atoms with Crippen LogP contribution in [0.2, 0.25) is 0 Å². The molecule has 0 unspecified atom stereocenters. The van der Waals surface area contributed by atoms with Gasteiger partial charge in [0, 0.05) is 31.6 Å². The van der Waals surface area contributed by atoms with Crippen molar-refractivity contribution in [2.24, 2.45) is 0 Å². The molecule has 80 valence electrons. The largest absolute Gasteiger partial charge is 0.346 e. The Kier molecular flexibility index (Phi) is 3.19. The highest BCUT2D eigenvalue weighted by Crippen LogP contribution is 2.21. The maximum atomic E-state index is 8.59. The Morgan fingerprint density at radius 2 is 2.20 bits per heavy atom. The summed E-state index contributed by atoms with van der Waals surface area (Å²) in [5.74, 6) is 0. The van der Waals surface area contributed by atoms with E-state index in [4.69, 9.17) is 5.26 Å². The van der Waals surface area contributed by atoms with Crippen LogP contribution in [0, 0.1) is 18.3 Å². The highest BCUT2D eigenvalue weighted by molar-refractivity contribution is 7.13. The second kappa shape index (κ2) is 4.60. The van der Waals surface area contributed by atoms with Crippen LogP contribution in [0.1, 0.15) is 5.69 Å². The number of aryl methyl sites for hydroxylation is 1. The van der Waals surface area contributed by atoms with Crippen LogP contribution < -0.4 is 4.90 Å². The van der Waals surface area contributed by atoms with E-state index >= 15 is 0 Å². The Labute approximate surface area is 93.8 Å². The minimum atomic E-state index is 0.546. The maximum Gasteiger partial charge on any atom is 0.185 e. The van der Waals surface area contributed by atoms with Crippen molar-refractivity contribution in [3.05, 3.63) is 11.1 Å². The van der Waals surface area contributed by atoms with Gasteiger partial charge in [-0.05, 0) is 6.92 Å². The Balaban J connectivity index is 1.91. The van der Waals surface area contributed by atoms with Gasteiger partial charge in [0.1, 0.15) is 0 Å². The summed E-state index contributed by atoms with van der Waals surface area (Å²) < 4.78 is 0. The van der Waals surface area contributed by atoms with E-state index < -0.39 is 0 Å². The maximum absolute atomic E-state index is 8.59. The highest BCUT2D eigenvalue weighted by Gasteiger charge is 2.18. The van der Waals surface area contributed by atoms with Crippen LogP contribution in [0.3, 0.4) is 0 Å². The molecule has 0 bridgehead atoms. The molecule has 0 saturated carbocycles. The van der Waals surface area contributed by atoms with Crippen molar-refractivity contribution in [2.75, 3.05) is 37.6 Å². The van der Waals surface area contributed by atoms with E-state index in [0.717, 1.165) is 37.0 Å². The molecular formula is C10H14N4S. The van der Waals surface area contributed by atoms with Gasteiger partial charge in [-0.15, -0.1) is 11.3 Å². The predicted octanol–water partition coefficient (Wildman–Crippen LogP) is 1.10. The van der Waals surface area contributed by atoms with E-state index in [0.29, 0.717) is 6.54 Å². The minimum absolute atomic E-state index is 0.546. The third kappa shape index (κ3) is 2.46. The smallest absolute Gasteiger partial charge is 0.185 e. The number of thiazole rings is 1. The van der Waals surface area contributed by atoms with Gasteiger partial charge in [0.2, 0.25) is 0 Å². The monoisotopic (exact) mass is 222 g/mol. The molecule has 2 heterocycles. The van der Waals surface area contributed by atoms with Crippen molar-refractivity contribution in [1.29, 1.82) is 5.26 Å². The molecule has 1 aromatic heterocycles. The average Bonchev–Trinajstić information content (AvgIpc) is 2.67. The first-order valence-corrected chi connectivity index (χ1v) is 5.94. The molecule has 1 aliphatic heterocycles. The van der Waals surface area contributed by atoms with Crippen LogP contribution in [0.25, 0.3) is 0 Å². The standard InChI is InChI=1S/C10H14N4S/c1-9-8-15-10(12-9)14-6-4-13(3-2-11)5-7-14/h8H,3-7H2,1H3. The minimum Gasteiger partial charge on any atom is -0.346 e. The normalized spacial score (nSPS) is 17.7. The van der Waals surface area contributed by atoms with Gasteiger partial charge < -0.3 is 4.90 Å². The first-order chi connectivity index (χ1) is 7.29. The molecule has 0 aromatic carbocycles. The zero-order chi connectivity index (χ0) is 10.7. The Bertz CT molecular complexity index is 360. The van der Waals surface area contributed by atoms with E-state index in [-0.39, 0.29) is 0 Å². The second-order valence-corrected chi connectivity index (χ2v) is 4.53. The molecule has 15 heavy (non-hydrogen) atoms. The first kappa shape index (κ1) is 10.4. The van der Waals surface area contributed by atoms with E-state index in [1.165, 1.54) is 0 Å². The number of hydrogen-bond donors (Lipinski definition) is 0. The Hall–Kier alpha value is -1.12. The average molecular weight is 222 g/mol. The summed E-state index contributed by atoms with van der Waals surface area (Å²) in [4.78, 5) is 8.94. The van der Waals surface area contributed by atoms with Gasteiger partial charge in [0.05, 0.1) is 18.3 Å². The van der Waals surface area contributed by atoms with Crippen molar-refractivity contribution < 1.29 is 0 Å². The molecule has 0 atom stereocenters. The number of rotatable bonds is 2. The van der Waals surface area contributed by atoms with Gasteiger partial charge in [-0.2, -0.15) is 5.26 Å². The highest BCUT2D eigenvalue weighted by atomic mass is 32.1. The Morgan fingerprint density at radius 3 is 2.73 bits per heavy atom. The summed E-state index contributed by atoms with van der Waals surface area (Å²) in [5.41, 5.74) is 1.09. The van der Waals surface area contributed by atoms with Crippen LogP contribution in [-0.2, 0) is 0 Å². The van der Waals surface area contributed by atoms with Gasteiger partial charge in [0.15, 0.2) is 5.13 Å². The van der Waals surface area contributed by atoms with Crippen LogP contribution in [0.15, 0.2) is 5.38 Å². The number of piperazine rings is 1. The summed E-state index contributed by atoms with van der Waals surface area (Å²) in [6.07, 6.45) is 0. The third-order valence-corrected chi connectivity index (χ3v) is 3.56. The lowest BCUT2D eigenvalue weighted by atomic mass is 10.3. The number of anilines is 1. The van der Waals surface area contributed by atoms with Crippen molar-refractivity contribution in [1.82, 2.24) is 9.88 Å². The number of nitrogens with zero attached hydrogens (tertiary/aromatic N) is 4. The van der Waals surface area contributed by atoms with E-state index in [1.807, 2.05) is 6.92 Å². The zero-order valence-corrected chi connectivity index (χ0v) is 9.63. The summed E-state index contributed by atoms with van der Waals surface area (Å²) in [5, 5.41) is 11.8. The summed E-state index contributed by atoms with van der Waals surface area (Å²) >= 11 is 1.70. The van der Waals surface area contributed by atoms with Crippen molar-refractivity contribution in [2.45, 2.75) is 6.92 Å². The van der Waals surface area contributed by atoms with Gasteiger partial charge >= 0.3 is 0 Å². The SMILES string of the molecule is Cc1csc(N2CCN(CC#N)CC2)n1. The predicted molar refractivity (Wildman–Crippen MR) is 61.1 cm³/mol. The quantitative estimate of drug-likeness (QED) is 0.703. The fourth-order valence-corrected chi connectivity index (χ4v) is 2.54.